The largest absolute Gasteiger partial charge is 0.260 e. The number of pyridine rings is 1. The number of H-pyrrole nitrogens is 1. The minimum atomic E-state index is -3.88. The first-order valence-electron chi connectivity index (χ1n) is 9.11. The summed E-state index contributed by atoms with van der Waals surface area (Å²) in [5.74, 6) is 0.459. The molecule has 0 spiro atoms. The van der Waals surface area contributed by atoms with Crippen LogP contribution in [0, 0.1) is 0 Å². The third kappa shape index (κ3) is 4.91. The van der Waals surface area contributed by atoms with E-state index in [4.69, 9.17) is 23.2 Å². The molecule has 2 aromatic heterocycles. The van der Waals surface area contributed by atoms with Gasteiger partial charge in [-0.2, -0.15) is 9.52 Å². The topological polar surface area (TPSA) is 105 Å². The Morgan fingerprint density at radius 3 is 2.39 bits per heavy atom. The molecule has 0 unspecified atom stereocenters. The van der Waals surface area contributed by atoms with Crippen LogP contribution < -0.4 is 0 Å². The molecule has 31 heavy (non-hydrogen) atoms. The van der Waals surface area contributed by atoms with Gasteiger partial charge in [-0.3, -0.25) is 4.98 Å². The minimum Gasteiger partial charge on any atom is -0.260 e. The Kier molecular flexibility index (Phi) is 6.28. The second kappa shape index (κ2) is 9.11. The summed E-state index contributed by atoms with van der Waals surface area (Å²) >= 11 is 12.0. The number of halogens is 2. The van der Waals surface area contributed by atoms with Crippen molar-refractivity contribution in [1.29, 1.82) is 0 Å². The first kappa shape index (κ1) is 21.4. The Morgan fingerprint density at radius 1 is 0.935 bits per heavy atom. The lowest BCUT2D eigenvalue weighted by Crippen LogP contribution is -2.30. The van der Waals surface area contributed by atoms with Crippen molar-refractivity contribution >= 4 is 33.2 Å². The van der Waals surface area contributed by atoms with Crippen molar-refractivity contribution in [2.45, 2.75) is 18.0 Å². The Morgan fingerprint density at radius 2 is 1.74 bits per heavy atom. The van der Waals surface area contributed by atoms with Crippen LogP contribution in [0.4, 0.5) is 0 Å². The molecule has 1 N–H and O–H groups in total. The highest BCUT2D eigenvalue weighted by molar-refractivity contribution is 7.89. The van der Waals surface area contributed by atoms with Crippen molar-refractivity contribution in [1.82, 2.24) is 29.9 Å². The number of sulfonamides is 1. The van der Waals surface area contributed by atoms with Crippen molar-refractivity contribution in [3.8, 4) is 11.4 Å². The summed E-state index contributed by atoms with van der Waals surface area (Å²) in [6.07, 6.45) is 1.62. The first-order valence-corrected chi connectivity index (χ1v) is 11.3. The summed E-state index contributed by atoms with van der Waals surface area (Å²) in [4.78, 5) is 4.32. The van der Waals surface area contributed by atoms with E-state index in [1.54, 1.807) is 18.3 Å². The minimum absolute atomic E-state index is 0.0567. The lowest BCUT2D eigenvalue weighted by molar-refractivity contribution is 0.397. The number of rotatable bonds is 7. The van der Waals surface area contributed by atoms with Gasteiger partial charge in [-0.05, 0) is 41.1 Å². The first-order chi connectivity index (χ1) is 14.9. The molecule has 0 radical (unpaired) electrons. The van der Waals surface area contributed by atoms with E-state index in [-0.39, 0.29) is 28.0 Å². The lowest BCUT2D eigenvalue weighted by atomic mass is 10.1. The predicted molar refractivity (Wildman–Crippen MR) is 117 cm³/mol. The normalized spacial score (nSPS) is 11.7. The molecule has 0 aliphatic carbocycles. The number of hydrogen-bond acceptors (Lipinski definition) is 6. The zero-order valence-electron chi connectivity index (χ0n) is 16.0. The molecule has 0 fully saturated rings. The SMILES string of the molecule is O=S(=O)(c1ccc(Cl)c(Cl)c1)N(Cc1ccc(-c2nn[nH]n2)cc1)Cc1ccccn1. The van der Waals surface area contributed by atoms with Gasteiger partial charge in [-0.1, -0.05) is 53.5 Å². The second-order valence-electron chi connectivity index (χ2n) is 6.60. The zero-order valence-corrected chi connectivity index (χ0v) is 18.3. The maximum absolute atomic E-state index is 13.4. The van der Waals surface area contributed by atoms with Gasteiger partial charge in [-0.15, -0.1) is 10.2 Å². The predicted octanol–water partition coefficient (Wildman–Crippen LogP) is 3.96. The van der Waals surface area contributed by atoms with E-state index in [1.165, 1.54) is 22.5 Å². The van der Waals surface area contributed by atoms with Gasteiger partial charge in [0.25, 0.3) is 0 Å². The van der Waals surface area contributed by atoms with Crippen LogP contribution in [-0.4, -0.2) is 38.3 Å². The number of aromatic nitrogens is 5. The van der Waals surface area contributed by atoms with Crippen LogP contribution >= 0.6 is 23.2 Å². The number of hydrogen-bond donors (Lipinski definition) is 1. The summed E-state index contributed by atoms with van der Waals surface area (Å²) in [5, 5.41) is 14.3. The highest BCUT2D eigenvalue weighted by Crippen LogP contribution is 2.28. The standard InChI is InChI=1S/C20H16Cl2N6O2S/c21-18-9-8-17(11-19(18)22)31(29,30)28(13-16-3-1-2-10-23-16)12-14-4-6-15(7-5-14)20-24-26-27-25-20/h1-11H,12-13H2,(H,24,25,26,27). The molecule has 8 nitrogen and oxygen atoms in total. The Bertz CT molecular complexity index is 1270. The van der Waals surface area contributed by atoms with Crippen LogP contribution in [0.15, 0.2) is 71.8 Å². The average molecular weight is 475 g/mol. The summed E-state index contributed by atoms with van der Waals surface area (Å²) in [6, 6.07) is 16.9. The fourth-order valence-electron chi connectivity index (χ4n) is 2.93. The molecule has 4 aromatic rings. The van der Waals surface area contributed by atoms with Gasteiger partial charge < -0.3 is 0 Å². The molecule has 11 heteroatoms. The monoisotopic (exact) mass is 474 g/mol. The molecule has 2 aromatic carbocycles. The van der Waals surface area contributed by atoms with Crippen LogP contribution in [0.1, 0.15) is 11.3 Å². The van der Waals surface area contributed by atoms with Crippen molar-refractivity contribution < 1.29 is 8.42 Å². The highest BCUT2D eigenvalue weighted by Gasteiger charge is 2.26. The molecule has 0 aliphatic rings. The Balaban J connectivity index is 1.66. The molecule has 2 heterocycles. The molecular weight excluding hydrogens is 459 g/mol. The number of benzene rings is 2. The van der Waals surface area contributed by atoms with Crippen LogP contribution in [0.5, 0.6) is 0 Å². The van der Waals surface area contributed by atoms with Crippen molar-refractivity contribution in [3.05, 3.63) is 88.2 Å². The Hall–Kier alpha value is -2.85. The summed E-state index contributed by atoms with van der Waals surface area (Å²) in [5.41, 5.74) is 2.17. The van der Waals surface area contributed by atoms with Crippen LogP contribution in [0.3, 0.4) is 0 Å². The fourth-order valence-corrected chi connectivity index (χ4v) is 4.72. The number of nitrogens with one attached hydrogen (secondary N) is 1. The molecule has 0 saturated carbocycles. The van der Waals surface area contributed by atoms with Gasteiger partial charge in [0, 0.05) is 18.3 Å². The fraction of sp³-hybridized carbons (Fsp3) is 0.100. The molecule has 0 bridgehead atoms. The summed E-state index contributed by atoms with van der Waals surface area (Å²) < 4.78 is 28.2. The number of nitrogens with zero attached hydrogens (tertiary/aromatic N) is 5. The van der Waals surface area contributed by atoms with Crippen molar-refractivity contribution in [2.24, 2.45) is 0 Å². The highest BCUT2D eigenvalue weighted by atomic mass is 35.5. The van der Waals surface area contributed by atoms with Crippen LogP contribution in [0.2, 0.25) is 10.0 Å². The molecule has 158 valence electrons. The number of aromatic amines is 1. The quantitative estimate of drug-likeness (QED) is 0.434. The maximum Gasteiger partial charge on any atom is 0.243 e. The molecule has 0 amide bonds. The van der Waals surface area contributed by atoms with E-state index in [2.05, 4.69) is 25.6 Å². The molecule has 4 rings (SSSR count). The van der Waals surface area contributed by atoms with Gasteiger partial charge in [0.15, 0.2) is 0 Å². The summed E-state index contributed by atoms with van der Waals surface area (Å²) in [6.45, 7) is 0.224. The third-order valence-corrected chi connectivity index (χ3v) is 7.04. The molecular formula is C20H16Cl2N6O2S. The second-order valence-corrected chi connectivity index (χ2v) is 9.35. The van der Waals surface area contributed by atoms with E-state index < -0.39 is 10.0 Å². The lowest BCUT2D eigenvalue weighted by Gasteiger charge is -2.22. The van der Waals surface area contributed by atoms with Gasteiger partial charge >= 0.3 is 0 Å². The van der Waals surface area contributed by atoms with Gasteiger partial charge in [-0.25, -0.2) is 8.42 Å². The molecule has 0 atom stereocenters. The van der Waals surface area contributed by atoms with E-state index in [1.807, 2.05) is 30.3 Å². The van der Waals surface area contributed by atoms with Crippen molar-refractivity contribution in [3.63, 3.8) is 0 Å². The van der Waals surface area contributed by atoms with E-state index in [0.29, 0.717) is 11.5 Å². The van der Waals surface area contributed by atoms with Crippen molar-refractivity contribution in [2.75, 3.05) is 0 Å². The van der Waals surface area contributed by atoms with E-state index in [9.17, 15) is 8.42 Å². The van der Waals surface area contributed by atoms with Gasteiger partial charge in [0.2, 0.25) is 15.8 Å². The average Bonchev–Trinajstić information content (AvgIpc) is 3.31. The maximum atomic E-state index is 13.4. The zero-order chi connectivity index (χ0) is 21.8. The molecule has 0 saturated heterocycles. The van der Waals surface area contributed by atoms with E-state index >= 15 is 0 Å². The van der Waals surface area contributed by atoms with Crippen LogP contribution in [0.25, 0.3) is 11.4 Å². The van der Waals surface area contributed by atoms with Crippen LogP contribution in [-0.2, 0) is 23.1 Å². The smallest absolute Gasteiger partial charge is 0.243 e. The van der Waals surface area contributed by atoms with Gasteiger partial charge in [0.1, 0.15) is 0 Å². The number of tetrazole rings is 1. The summed E-state index contributed by atoms with van der Waals surface area (Å²) in [7, 11) is -3.88. The third-order valence-electron chi connectivity index (χ3n) is 4.51. The van der Waals surface area contributed by atoms with Gasteiger partial charge in [0.05, 0.1) is 27.2 Å². The van der Waals surface area contributed by atoms with E-state index in [0.717, 1.165) is 11.1 Å². The Labute approximate surface area is 188 Å². The molecule has 0 aliphatic heterocycles.